The smallest absolute Gasteiger partial charge is 0.411 e. The average molecular weight is 469 g/mol. The van der Waals surface area contributed by atoms with Crippen molar-refractivity contribution >= 4 is 18.0 Å². The molecular formula is C25H44N2O6. The molecule has 2 aliphatic rings. The molecule has 2 fully saturated rings. The first-order valence-corrected chi connectivity index (χ1v) is 12.5. The number of hydrogen-bond acceptors (Lipinski definition) is 6. The third-order valence-corrected chi connectivity index (χ3v) is 5.66. The Morgan fingerprint density at radius 2 is 1.73 bits per heavy atom. The summed E-state index contributed by atoms with van der Waals surface area (Å²) in [6.07, 6.45) is 5.68. The highest BCUT2D eigenvalue weighted by molar-refractivity contribution is 5.88. The maximum Gasteiger partial charge on any atom is 0.411 e. The lowest BCUT2D eigenvalue weighted by Crippen LogP contribution is -2.51. The molecule has 0 saturated carbocycles. The van der Waals surface area contributed by atoms with E-state index in [1.807, 2.05) is 20.8 Å². The summed E-state index contributed by atoms with van der Waals surface area (Å²) in [4.78, 5) is 40.0. The summed E-state index contributed by atoms with van der Waals surface area (Å²) in [6, 6.07) is -0.754. The van der Waals surface area contributed by atoms with Crippen LogP contribution in [0.25, 0.3) is 0 Å². The number of likely N-dealkylation sites (tertiary alicyclic amines) is 1. The van der Waals surface area contributed by atoms with Crippen LogP contribution in [0.1, 0.15) is 99.8 Å². The summed E-state index contributed by atoms with van der Waals surface area (Å²) in [7, 11) is 0. The third-order valence-electron chi connectivity index (χ3n) is 5.66. The van der Waals surface area contributed by atoms with Crippen LogP contribution in [-0.2, 0) is 23.8 Å². The quantitative estimate of drug-likeness (QED) is 0.291. The molecule has 1 N–H and O–H groups in total. The predicted molar refractivity (Wildman–Crippen MR) is 126 cm³/mol. The van der Waals surface area contributed by atoms with Gasteiger partial charge >= 0.3 is 12.1 Å². The van der Waals surface area contributed by atoms with Gasteiger partial charge in [0.25, 0.3) is 5.91 Å². The van der Waals surface area contributed by atoms with E-state index in [9.17, 15) is 14.4 Å². The summed E-state index contributed by atoms with van der Waals surface area (Å²) in [6.45, 7) is 13.6. The zero-order chi connectivity index (χ0) is 24.8. The molecule has 2 saturated heterocycles. The van der Waals surface area contributed by atoms with Gasteiger partial charge < -0.3 is 19.5 Å². The molecule has 0 aromatic carbocycles. The minimum Gasteiger partial charge on any atom is -0.448 e. The van der Waals surface area contributed by atoms with Crippen LogP contribution in [0.2, 0.25) is 0 Å². The number of nitrogens with zero attached hydrogens (tertiary/aromatic N) is 1. The second-order valence-electron chi connectivity index (χ2n) is 11.3. The lowest BCUT2D eigenvalue weighted by molar-refractivity contribution is -0.161. The van der Waals surface area contributed by atoms with Gasteiger partial charge in [-0.3, -0.25) is 9.69 Å². The number of unbranched alkanes of at least 4 members (excludes halogenated alkanes) is 4. The van der Waals surface area contributed by atoms with Crippen molar-refractivity contribution in [2.75, 3.05) is 6.54 Å². The van der Waals surface area contributed by atoms with Gasteiger partial charge in [0.05, 0.1) is 6.10 Å². The number of amides is 2. The van der Waals surface area contributed by atoms with Crippen LogP contribution >= 0.6 is 0 Å². The second kappa shape index (κ2) is 11.5. The first-order valence-electron chi connectivity index (χ1n) is 12.5. The Labute approximate surface area is 199 Å². The van der Waals surface area contributed by atoms with E-state index in [1.165, 1.54) is 24.2 Å². The second-order valence-corrected chi connectivity index (χ2v) is 11.3. The van der Waals surface area contributed by atoms with Crippen molar-refractivity contribution in [1.29, 1.82) is 0 Å². The van der Waals surface area contributed by atoms with Gasteiger partial charge in [-0.15, -0.1) is 0 Å². The molecule has 2 rings (SSSR count). The standard InChI is InChI=1S/C25H44N2O6/c1-8-9-10-11-12-15-18-19(31-18)20(21(28)26-24(2,3)4)32-22(29)17-14-13-16-27(17)23(30)33-25(5,6)7/h17-20H,8-16H2,1-7H3,(H,26,28)/t17-,18+,19-,20?/m0/s1. The van der Waals surface area contributed by atoms with Crippen LogP contribution in [0.5, 0.6) is 0 Å². The van der Waals surface area contributed by atoms with Gasteiger partial charge in [0.15, 0.2) is 0 Å². The largest absolute Gasteiger partial charge is 0.448 e. The number of ether oxygens (including phenoxy) is 3. The Bertz CT molecular complexity index is 681. The molecule has 0 bridgehead atoms. The zero-order valence-corrected chi connectivity index (χ0v) is 21.6. The molecule has 8 heteroatoms. The number of carbonyl (C=O) groups excluding carboxylic acids is 3. The Kier molecular flexibility index (Phi) is 9.58. The number of carbonyl (C=O) groups is 3. The van der Waals surface area contributed by atoms with Gasteiger partial charge in [0.1, 0.15) is 17.7 Å². The highest BCUT2D eigenvalue weighted by atomic mass is 16.6. The lowest BCUT2D eigenvalue weighted by atomic mass is 10.0. The van der Waals surface area contributed by atoms with Crippen molar-refractivity contribution in [3.63, 3.8) is 0 Å². The summed E-state index contributed by atoms with van der Waals surface area (Å²) < 4.78 is 17.0. The number of rotatable bonds is 10. The Hall–Kier alpha value is -1.83. The van der Waals surface area contributed by atoms with Crippen molar-refractivity contribution < 1.29 is 28.6 Å². The van der Waals surface area contributed by atoms with Crippen molar-refractivity contribution in [2.24, 2.45) is 0 Å². The molecule has 0 aromatic rings. The fourth-order valence-electron chi connectivity index (χ4n) is 4.07. The van der Waals surface area contributed by atoms with Crippen LogP contribution in [-0.4, -0.2) is 64.9 Å². The highest BCUT2D eigenvalue weighted by Gasteiger charge is 2.51. The molecule has 0 aromatic heterocycles. The molecule has 2 aliphatic heterocycles. The van der Waals surface area contributed by atoms with E-state index in [0.717, 1.165) is 19.3 Å². The van der Waals surface area contributed by atoms with Crippen LogP contribution in [0.3, 0.4) is 0 Å². The van der Waals surface area contributed by atoms with E-state index < -0.39 is 41.5 Å². The van der Waals surface area contributed by atoms with E-state index in [0.29, 0.717) is 19.4 Å². The molecule has 33 heavy (non-hydrogen) atoms. The molecule has 0 spiro atoms. The Morgan fingerprint density at radius 3 is 2.33 bits per heavy atom. The zero-order valence-electron chi connectivity index (χ0n) is 21.6. The monoisotopic (exact) mass is 468 g/mol. The van der Waals surface area contributed by atoms with Crippen molar-refractivity contribution in [2.45, 2.75) is 135 Å². The highest BCUT2D eigenvalue weighted by Crippen LogP contribution is 2.33. The summed E-state index contributed by atoms with van der Waals surface area (Å²) >= 11 is 0. The molecule has 4 atom stereocenters. The van der Waals surface area contributed by atoms with Crippen LogP contribution in [0.15, 0.2) is 0 Å². The number of esters is 1. The van der Waals surface area contributed by atoms with Gasteiger partial charge in [-0.2, -0.15) is 0 Å². The minimum atomic E-state index is -1.03. The van der Waals surface area contributed by atoms with Crippen LogP contribution in [0.4, 0.5) is 4.79 Å². The van der Waals surface area contributed by atoms with Crippen molar-refractivity contribution in [1.82, 2.24) is 10.2 Å². The van der Waals surface area contributed by atoms with E-state index in [1.54, 1.807) is 20.8 Å². The summed E-state index contributed by atoms with van der Waals surface area (Å²) in [5.74, 6) is -0.944. The normalized spacial score (nSPS) is 23.7. The Balaban J connectivity index is 2.01. The van der Waals surface area contributed by atoms with Gasteiger partial charge in [0.2, 0.25) is 6.10 Å². The Morgan fingerprint density at radius 1 is 1.06 bits per heavy atom. The van der Waals surface area contributed by atoms with Gasteiger partial charge in [-0.1, -0.05) is 39.0 Å². The molecule has 8 nitrogen and oxygen atoms in total. The van der Waals surface area contributed by atoms with Gasteiger partial charge in [-0.05, 0) is 60.8 Å². The average Bonchev–Trinajstić information content (AvgIpc) is 3.24. The third kappa shape index (κ3) is 9.14. The van der Waals surface area contributed by atoms with Crippen molar-refractivity contribution in [3.05, 3.63) is 0 Å². The molecule has 1 unspecified atom stereocenters. The van der Waals surface area contributed by atoms with E-state index in [2.05, 4.69) is 12.2 Å². The molecule has 0 radical (unpaired) electrons. The predicted octanol–water partition coefficient (Wildman–Crippen LogP) is 4.34. The summed E-state index contributed by atoms with van der Waals surface area (Å²) in [5.41, 5.74) is -1.13. The minimum absolute atomic E-state index is 0.0827. The topological polar surface area (TPSA) is 97.5 Å². The van der Waals surface area contributed by atoms with E-state index >= 15 is 0 Å². The van der Waals surface area contributed by atoms with Gasteiger partial charge in [-0.25, -0.2) is 9.59 Å². The first kappa shape index (κ1) is 27.4. The number of epoxide rings is 1. The van der Waals surface area contributed by atoms with Gasteiger partial charge in [0, 0.05) is 12.1 Å². The fraction of sp³-hybridized carbons (Fsp3) is 0.880. The molecular weight excluding hydrogens is 424 g/mol. The molecule has 190 valence electrons. The first-order chi connectivity index (χ1) is 15.3. The summed E-state index contributed by atoms with van der Waals surface area (Å²) in [5, 5.41) is 2.90. The lowest BCUT2D eigenvalue weighted by Gasteiger charge is -2.29. The molecule has 0 aliphatic carbocycles. The molecule has 2 heterocycles. The maximum atomic E-state index is 13.1. The van der Waals surface area contributed by atoms with Crippen LogP contribution < -0.4 is 5.32 Å². The fourth-order valence-corrected chi connectivity index (χ4v) is 4.07. The maximum absolute atomic E-state index is 13.1. The molecule has 2 amide bonds. The number of hydrogen-bond donors (Lipinski definition) is 1. The number of nitrogens with one attached hydrogen (secondary N) is 1. The van der Waals surface area contributed by atoms with E-state index in [-0.39, 0.29) is 12.0 Å². The van der Waals surface area contributed by atoms with Crippen LogP contribution in [0, 0.1) is 0 Å². The van der Waals surface area contributed by atoms with E-state index in [4.69, 9.17) is 14.2 Å². The SMILES string of the molecule is CCCCCCC[C@H]1O[C@@H]1C(OC(=O)[C@@H]1CCCN1C(=O)OC(C)(C)C)C(=O)NC(C)(C)C. The van der Waals surface area contributed by atoms with Crippen molar-refractivity contribution in [3.8, 4) is 0 Å².